The van der Waals surface area contributed by atoms with Crippen LogP contribution in [-0.4, -0.2) is 4.57 Å². The highest BCUT2D eigenvalue weighted by atomic mass is 32.1. The van der Waals surface area contributed by atoms with Crippen LogP contribution in [0.1, 0.15) is 0 Å². The van der Waals surface area contributed by atoms with E-state index in [4.69, 9.17) is 4.42 Å². The molecule has 12 aromatic rings. The van der Waals surface area contributed by atoms with Gasteiger partial charge in [-0.15, -0.1) is 11.3 Å². The maximum Gasteiger partial charge on any atom is 0.135 e. The van der Waals surface area contributed by atoms with Gasteiger partial charge in [0.1, 0.15) is 11.2 Å². The van der Waals surface area contributed by atoms with Crippen molar-refractivity contribution in [2.24, 2.45) is 0 Å². The monoisotopic (exact) mass is 758 g/mol. The van der Waals surface area contributed by atoms with E-state index in [0.29, 0.717) is 0 Å². The van der Waals surface area contributed by atoms with Gasteiger partial charge in [0, 0.05) is 64.3 Å². The van der Waals surface area contributed by atoms with Crippen molar-refractivity contribution in [3.63, 3.8) is 0 Å². The summed E-state index contributed by atoms with van der Waals surface area (Å²) in [4.78, 5) is 2.37. The summed E-state index contributed by atoms with van der Waals surface area (Å²) in [6.45, 7) is 0. The average Bonchev–Trinajstić information content (AvgIpc) is 3.96. The van der Waals surface area contributed by atoms with E-state index in [1.54, 1.807) is 0 Å². The summed E-state index contributed by atoms with van der Waals surface area (Å²) in [6, 6.07) is 74.5. The van der Waals surface area contributed by atoms with E-state index in [0.717, 1.165) is 44.6 Å². The number of rotatable bonds is 6. The quantitative estimate of drug-likeness (QED) is 0.168. The first-order valence-corrected chi connectivity index (χ1v) is 20.5. The Kier molecular flexibility index (Phi) is 7.40. The average molecular weight is 759 g/mol. The van der Waals surface area contributed by atoms with Gasteiger partial charge in [0.25, 0.3) is 0 Å². The third-order valence-electron chi connectivity index (χ3n) is 11.6. The fourth-order valence-corrected chi connectivity index (χ4v) is 10.1. The molecule has 0 radical (unpaired) electrons. The lowest BCUT2D eigenvalue weighted by Gasteiger charge is -2.26. The van der Waals surface area contributed by atoms with Gasteiger partial charge >= 0.3 is 0 Å². The molecule has 272 valence electrons. The number of furan rings is 1. The van der Waals surface area contributed by atoms with Crippen LogP contribution in [0.2, 0.25) is 0 Å². The number of hydrogen-bond donors (Lipinski definition) is 0. The highest BCUT2D eigenvalue weighted by Crippen LogP contribution is 2.43. The lowest BCUT2D eigenvalue weighted by atomic mass is 9.97. The van der Waals surface area contributed by atoms with Crippen molar-refractivity contribution >= 4 is 92.3 Å². The van der Waals surface area contributed by atoms with Crippen LogP contribution in [0.15, 0.2) is 211 Å². The summed E-state index contributed by atoms with van der Waals surface area (Å²) in [6.07, 6.45) is 0. The van der Waals surface area contributed by atoms with E-state index in [9.17, 15) is 0 Å². The van der Waals surface area contributed by atoms with Crippen LogP contribution in [0.25, 0.3) is 91.9 Å². The Balaban J connectivity index is 0.963. The third-order valence-corrected chi connectivity index (χ3v) is 12.7. The topological polar surface area (TPSA) is 21.3 Å². The predicted molar refractivity (Wildman–Crippen MR) is 247 cm³/mol. The highest BCUT2D eigenvalue weighted by molar-refractivity contribution is 7.25. The molecule has 0 saturated carbocycles. The van der Waals surface area contributed by atoms with Gasteiger partial charge in [0.05, 0.1) is 16.7 Å². The Morgan fingerprint density at radius 3 is 1.79 bits per heavy atom. The van der Waals surface area contributed by atoms with Crippen LogP contribution < -0.4 is 4.90 Å². The summed E-state index contributed by atoms with van der Waals surface area (Å²) in [7, 11) is 0. The van der Waals surface area contributed by atoms with Crippen LogP contribution in [0.4, 0.5) is 17.1 Å². The van der Waals surface area contributed by atoms with Gasteiger partial charge in [0.2, 0.25) is 0 Å². The molecule has 3 nitrogen and oxygen atoms in total. The van der Waals surface area contributed by atoms with E-state index in [1.807, 2.05) is 23.5 Å². The molecule has 0 atom stereocenters. The van der Waals surface area contributed by atoms with Crippen molar-refractivity contribution in [3.05, 3.63) is 206 Å². The fraction of sp³-hybridized carbons (Fsp3) is 0. The lowest BCUT2D eigenvalue weighted by molar-refractivity contribution is 0.669. The van der Waals surface area contributed by atoms with Crippen molar-refractivity contribution in [2.45, 2.75) is 0 Å². The molecule has 3 heterocycles. The van der Waals surface area contributed by atoms with Crippen LogP contribution in [0, 0.1) is 0 Å². The second-order valence-electron chi connectivity index (χ2n) is 14.9. The van der Waals surface area contributed by atoms with E-state index >= 15 is 0 Å². The smallest absolute Gasteiger partial charge is 0.135 e. The zero-order valence-corrected chi connectivity index (χ0v) is 32.2. The standard InChI is InChI=1S/C54H34N2OS/c1-6-19-48(56-49-20-7-2-15-42(49)43-16-3-8-21-50(43)56)41(14-1)37-13-11-12-36(32-37)35-24-26-38(27-25-35)55(39-29-31-52-47(33-39)44-17-4-9-22-51(44)57-52)40-28-30-46-45-18-5-10-23-53(45)58-54(46)34-40/h1-34H. The second kappa shape index (κ2) is 13.1. The lowest BCUT2D eigenvalue weighted by Crippen LogP contribution is -2.09. The first kappa shape index (κ1) is 32.8. The van der Waals surface area contributed by atoms with Gasteiger partial charge in [-0.25, -0.2) is 0 Å². The molecule has 0 aliphatic carbocycles. The zero-order chi connectivity index (χ0) is 38.2. The molecule has 0 unspecified atom stereocenters. The number of nitrogens with zero attached hydrogens (tertiary/aromatic N) is 2. The molecule has 0 N–H and O–H groups in total. The molecule has 0 aliphatic rings. The minimum Gasteiger partial charge on any atom is -0.456 e. The summed E-state index contributed by atoms with van der Waals surface area (Å²) < 4.78 is 11.2. The molecule has 58 heavy (non-hydrogen) atoms. The number of thiophene rings is 1. The summed E-state index contributed by atoms with van der Waals surface area (Å²) in [5.74, 6) is 0. The third kappa shape index (κ3) is 5.19. The first-order valence-electron chi connectivity index (χ1n) is 19.7. The van der Waals surface area contributed by atoms with Crippen molar-refractivity contribution in [2.75, 3.05) is 4.90 Å². The van der Waals surface area contributed by atoms with Crippen LogP contribution in [0.3, 0.4) is 0 Å². The number of para-hydroxylation sites is 4. The molecule has 0 aliphatic heterocycles. The van der Waals surface area contributed by atoms with Crippen molar-refractivity contribution in [1.29, 1.82) is 0 Å². The van der Waals surface area contributed by atoms with Crippen LogP contribution in [0.5, 0.6) is 0 Å². The van der Waals surface area contributed by atoms with Gasteiger partial charge in [-0.2, -0.15) is 0 Å². The predicted octanol–water partition coefficient (Wildman–Crippen LogP) is 15.9. The molecule has 0 amide bonds. The number of hydrogen-bond acceptors (Lipinski definition) is 3. The van der Waals surface area contributed by atoms with Gasteiger partial charge in [-0.3, -0.25) is 0 Å². The SMILES string of the molecule is c1cc(-c2ccc(N(c3ccc4c(c3)sc3ccccc34)c3ccc4oc5ccccc5c4c3)cc2)cc(-c2ccccc2-n2c3ccccc3c3ccccc32)c1. The zero-order valence-electron chi connectivity index (χ0n) is 31.3. The van der Waals surface area contributed by atoms with Crippen molar-refractivity contribution in [3.8, 4) is 27.9 Å². The normalized spacial score (nSPS) is 11.8. The first-order chi connectivity index (χ1) is 28.7. The fourth-order valence-electron chi connectivity index (χ4n) is 8.92. The molecule has 4 heteroatoms. The molecule has 0 bridgehead atoms. The minimum absolute atomic E-state index is 0.889. The summed E-state index contributed by atoms with van der Waals surface area (Å²) >= 11 is 1.85. The minimum atomic E-state index is 0.889. The van der Waals surface area contributed by atoms with Crippen LogP contribution >= 0.6 is 11.3 Å². The number of anilines is 3. The van der Waals surface area contributed by atoms with E-state index in [1.165, 1.54) is 64.4 Å². The highest BCUT2D eigenvalue weighted by Gasteiger charge is 2.19. The molecular formula is C54H34N2OS. The maximum atomic E-state index is 6.24. The molecule has 9 aromatic carbocycles. The van der Waals surface area contributed by atoms with Crippen LogP contribution in [-0.2, 0) is 0 Å². The summed E-state index contributed by atoms with van der Waals surface area (Å²) in [5, 5.41) is 7.34. The molecule has 0 fully saturated rings. The van der Waals surface area contributed by atoms with E-state index in [-0.39, 0.29) is 0 Å². The number of fused-ring (bicyclic) bond motifs is 9. The molecule has 0 saturated heterocycles. The Morgan fingerprint density at radius 1 is 0.362 bits per heavy atom. The molecule has 12 rings (SSSR count). The van der Waals surface area contributed by atoms with Gasteiger partial charge < -0.3 is 13.9 Å². The van der Waals surface area contributed by atoms with Crippen molar-refractivity contribution < 1.29 is 4.42 Å². The van der Waals surface area contributed by atoms with Crippen molar-refractivity contribution in [1.82, 2.24) is 4.57 Å². The van der Waals surface area contributed by atoms with E-state index < -0.39 is 0 Å². The number of aromatic nitrogens is 1. The van der Waals surface area contributed by atoms with E-state index in [2.05, 4.69) is 204 Å². The number of benzene rings is 9. The van der Waals surface area contributed by atoms with Gasteiger partial charge in [0.15, 0.2) is 0 Å². The summed E-state index contributed by atoms with van der Waals surface area (Å²) in [5.41, 5.74) is 13.4. The Bertz CT molecular complexity index is 3480. The molecule has 3 aromatic heterocycles. The molecular weight excluding hydrogens is 725 g/mol. The largest absolute Gasteiger partial charge is 0.456 e. The molecule has 0 spiro atoms. The second-order valence-corrected chi connectivity index (χ2v) is 16.0. The Labute approximate surface area is 338 Å². The van der Waals surface area contributed by atoms with Gasteiger partial charge in [-0.05, 0) is 95.6 Å². The Morgan fingerprint density at radius 2 is 0.966 bits per heavy atom. The Hall–Kier alpha value is -7.40. The maximum absolute atomic E-state index is 6.24. The van der Waals surface area contributed by atoms with Gasteiger partial charge in [-0.1, -0.05) is 127 Å².